The lowest BCUT2D eigenvalue weighted by Gasteiger charge is -2.32. The molecule has 10 rings (SSSR count). The molecule has 0 amide bonds. The van der Waals surface area contributed by atoms with Gasteiger partial charge in [0.25, 0.3) is 0 Å². The fourth-order valence-electron chi connectivity index (χ4n) is 8.43. The minimum atomic E-state index is -0.326. The summed E-state index contributed by atoms with van der Waals surface area (Å²) in [5.74, 6) is 0. The van der Waals surface area contributed by atoms with E-state index in [1.165, 1.54) is 72.1 Å². The highest BCUT2D eigenvalue weighted by Crippen LogP contribution is 2.63. The van der Waals surface area contributed by atoms with Crippen LogP contribution in [0.2, 0.25) is 0 Å². The smallest absolute Gasteiger partial charge is 0.136 e. The van der Waals surface area contributed by atoms with Crippen LogP contribution in [-0.4, -0.2) is 0 Å². The molecule has 7 aromatic carbocycles. The lowest BCUT2D eigenvalue weighted by Crippen LogP contribution is -2.27. The third kappa shape index (κ3) is 3.27. The van der Waals surface area contributed by atoms with Gasteiger partial charge in [0.2, 0.25) is 0 Å². The second-order valence-corrected chi connectivity index (χ2v) is 12.4. The first-order valence-corrected chi connectivity index (χ1v) is 15.7. The standard InChI is InChI=1S/C44H28O/c1-5-18-37-32(12-1)33-13-2-6-19-38(33)44(37)39-20-7-3-14-34(39)35-17-9-11-30(43(35)44)27-28-23-25-29(26-24-28)31-16-10-22-41-42(31)36-15-4-8-21-40(36)45-41/h1-26H,27H2. The number of fused-ring (bicyclic) bond motifs is 13. The molecule has 0 N–H and O–H groups in total. The molecule has 0 atom stereocenters. The third-order valence-electron chi connectivity index (χ3n) is 10.2. The van der Waals surface area contributed by atoms with E-state index in [0.717, 1.165) is 23.0 Å². The second kappa shape index (κ2) is 9.17. The number of hydrogen-bond acceptors (Lipinski definition) is 1. The molecular weight excluding hydrogens is 544 g/mol. The summed E-state index contributed by atoms with van der Waals surface area (Å²) in [7, 11) is 0. The van der Waals surface area contributed by atoms with E-state index in [-0.39, 0.29) is 5.41 Å². The normalized spacial score (nSPS) is 13.6. The molecule has 0 fully saturated rings. The number of para-hydroxylation sites is 1. The van der Waals surface area contributed by atoms with Crippen molar-refractivity contribution in [3.8, 4) is 33.4 Å². The molecule has 1 heteroatoms. The van der Waals surface area contributed by atoms with Crippen LogP contribution in [0.25, 0.3) is 55.3 Å². The summed E-state index contributed by atoms with van der Waals surface area (Å²) in [5, 5.41) is 2.34. The van der Waals surface area contributed by atoms with Crippen molar-refractivity contribution in [2.45, 2.75) is 11.8 Å². The zero-order valence-corrected chi connectivity index (χ0v) is 24.6. The predicted octanol–water partition coefficient (Wildman–Crippen LogP) is 11.2. The van der Waals surface area contributed by atoms with Crippen LogP contribution in [0.4, 0.5) is 0 Å². The van der Waals surface area contributed by atoms with Crippen molar-refractivity contribution in [2.75, 3.05) is 0 Å². The molecule has 0 saturated heterocycles. The van der Waals surface area contributed by atoms with Gasteiger partial charge in [-0.1, -0.05) is 146 Å². The largest absolute Gasteiger partial charge is 0.456 e. The Morgan fingerprint density at radius 2 is 0.956 bits per heavy atom. The van der Waals surface area contributed by atoms with Gasteiger partial charge in [0.15, 0.2) is 0 Å². The average molecular weight is 573 g/mol. The molecule has 0 unspecified atom stereocenters. The molecule has 8 aromatic rings. The monoisotopic (exact) mass is 572 g/mol. The topological polar surface area (TPSA) is 13.1 Å². The van der Waals surface area contributed by atoms with Crippen LogP contribution in [0, 0.1) is 0 Å². The highest BCUT2D eigenvalue weighted by atomic mass is 16.3. The first-order valence-electron chi connectivity index (χ1n) is 15.7. The molecule has 0 aliphatic heterocycles. The fraction of sp³-hybridized carbons (Fsp3) is 0.0455. The minimum absolute atomic E-state index is 0.326. The molecule has 0 bridgehead atoms. The molecule has 1 heterocycles. The van der Waals surface area contributed by atoms with E-state index in [9.17, 15) is 0 Å². The summed E-state index contributed by atoms with van der Waals surface area (Å²) in [6.45, 7) is 0. The van der Waals surface area contributed by atoms with E-state index in [1.807, 2.05) is 12.1 Å². The molecule has 45 heavy (non-hydrogen) atoms. The zero-order valence-electron chi connectivity index (χ0n) is 24.6. The van der Waals surface area contributed by atoms with Gasteiger partial charge < -0.3 is 4.42 Å². The Morgan fingerprint density at radius 1 is 0.422 bits per heavy atom. The van der Waals surface area contributed by atoms with Crippen molar-refractivity contribution >= 4 is 21.9 Å². The van der Waals surface area contributed by atoms with Crippen LogP contribution >= 0.6 is 0 Å². The third-order valence-corrected chi connectivity index (χ3v) is 10.2. The molecular formula is C44H28O. The maximum Gasteiger partial charge on any atom is 0.136 e. The van der Waals surface area contributed by atoms with Gasteiger partial charge in [-0.25, -0.2) is 0 Å². The zero-order chi connectivity index (χ0) is 29.5. The Bertz CT molecular complexity index is 2390. The predicted molar refractivity (Wildman–Crippen MR) is 185 cm³/mol. The highest BCUT2D eigenvalue weighted by molar-refractivity contribution is 6.12. The van der Waals surface area contributed by atoms with E-state index < -0.39 is 0 Å². The van der Waals surface area contributed by atoms with Crippen molar-refractivity contribution in [3.05, 3.63) is 191 Å². The van der Waals surface area contributed by atoms with Gasteiger partial charge in [-0.05, 0) is 85.3 Å². The van der Waals surface area contributed by atoms with Crippen molar-refractivity contribution in [1.82, 2.24) is 0 Å². The molecule has 0 radical (unpaired) electrons. The Kier molecular flexibility index (Phi) is 5.04. The lowest BCUT2D eigenvalue weighted by atomic mass is 9.69. The molecule has 1 spiro atoms. The highest BCUT2D eigenvalue weighted by Gasteiger charge is 2.52. The van der Waals surface area contributed by atoms with E-state index >= 15 is 0 Å². The van der Waals surface area contributed by atoms with Crippen LogP contribution in [0.15, 0.2) is 162 Å². The maximum atomic E-state index is 6.18. The lowest BCUT2D eigenvalue weighted by molar-refractivity contribution is 0.669. The van der Waals surface area contributed by atoms with E-state index in [4.69, 9.17) is 4.42 Å². The molecule has 210 valence electrons. The summed E-state index contributed by atoms with van der Waals surface area (Å²) in [6, 6.07) is 57.9. The number of benzene rings is 7. The van der Waals surface area contributed by atoms with Gasteiger partial charge in [-0.3, -0.25) is 0 Å². The quantitative estimate of drug-likeness (QED) is 0.205. The first-order chi connectivity index (χ1) is 22.3. The van der Waals surface area contributed by atoms with Crippen molar-refractivity contribution in [2.24, 2.45) is 0 Å². The summed E-state index contributed by atoms with van der Waals surface area (Å²) >= 11 is 0. The van der Waals surface area contributed by atoms with Gasteiger partial charge in [0.05, 0.1) is 5.41 Å². The van der Waals surface area contributed by atoms with Crippen LogP contribution in [0.1, 0.15) is 33.4 Å². The molecule has 1 nitrogen and oxygen atoms in total. The van der Waals surface area contributed by atoms with E-state index in [2.05, 4.69) is 146 Å². The Labute approximate surface area is 262 Å². The summed E-state index contributed by atoms with van der Waals surface area (Å²) in [4.78, 5) is 0. The molecule has 1 aromatic heterocycles. The van der Waals surface area contributed by atoms with Crippen LogP contribution in [0.5, 0.6) is 0 Å². The van der Waals surface area contributed by atoms with Gasteiger partial charge in [0, 0.05) is 10.8 Å². The Hall–Kier alpha value is -5.66. The molecule has 2 aliphatic rings. The number of furan rings is 1. The molecule has 2 aliphatic carbocycles. The van der Waals surface area contributed by atoms with Crippen molar-refractivity contribution in [1.29, 1.82) is 0 Å². The van der Waals surface area contributed by atoms with Crippen molar-refractivity contribution in [3.63, 3.8) is 0 Å². The fourth-order valence-corrected chi connectivity index (χ4v) is 8.43. The Morgan fingerprint density at radius 3 is 1.67 bits per heavy atom. The number of rotatable bonds is 3. The summed E-state index contributed by atoms with van der Waals surface area (Å²) in [5.41, 5.74) is 17.6. The summed E-state index contributed by atoms with van der Waals surface area (Å²) < 4.78 is 6.18. The van der Waals surface area contributed by atoms with Gasteiger partial charge in [-0.2, -0.15) is 0 Å². The van der Waals surface area contributed by atoms with Gasteiger partial charge in [0.1, 0.15) is 11.2 Å². The SMILES string of the molecule is c1ccc2c(c1)-c1ccccc1C21c2ccccc2-c2cccc(Cc3ccc(-c4cccc5oc6ccccc6c45)cc3)c21. The second-order valence-electron chi connectivity index (χ2n) is 12.4. The van der Waals surface area contributed by atoms with Crippen molar-refractivity contribution < 1.29 is 4.42 Å². The average Bonchev–Trinajstić information content (AvgIpc) is 3.73. The van der Waals surface area contributed by atoms with Crippen LogP contribution in [0.3, 0.4) is 0 Å². The van der Waals surface area contributed by atoms with Crippen LogP contribution < -0.4 is 0 Å². The van der Waals surface area contributed by atoms with Gasteiger partial charge in [-0.15, -0.1) is 0 Å². The van der Waals surface area contributed by atoms with E-state index in [0.29, 0.717) is 0 Å². The van der Waals surface area contributed by atoms with E-state index in [1.54, 1.807) is 0 Å². The number of hydrogen-bond donors (Lipinski definition) is 0. The first kappa shape index (κ1) is 24.7. The minimum Gasteiger partial charge on any atom is -0.456 e. The Balaban J connectivity index is 1.13. The maximum absolute atomic E-state index is 6.18. The summed E-state index contributed by atoms with van der Waals surface area (Å²) in [6.07, 6.45) is 0.863. The molecule has 0 saturated carbocycles. The van der Waals surface area contributed by atoms with Crippen LogP contribution in [-0.2, 0) is 11.8 Å². The van der Waals surface area contributed by atoms with Gasteiger partial charge >= 0.3 is 0 Å².